The maximum absolute atomic E-state index is 5.60. The summed E-state index contributed by atoms with van der Waals surface area (Å²) in [6.07, 6.45) is 0. The summed E-state index contributed by atoms with van der Waals surface area (Å²) in [5, 5.41) is 0. The van der Waals surface area contributed by atoms with Gasteiger partial charge in [0.15, 0.2) is 0 Å². The Balaban J connectivity index is 2.20. The minimum absolute atomic E-state index is 0.613. The summed E-state index contributed by atoms with van der Waals surface area (Å²) < 4.78 is 5.41. The molecule has 0 saturated heterocycles. The van der Waals surface area contributed by atoms with E-state index in [0.717, 1.165) is 5.75 Å². The average Bonchev–Trinajstić information content (AvgIpc) is 2.79. The molecule has 2 aromatic rings. The molecule has 0 atom stereocenters. The number of benzene rings is 1. The lowest BCUT2D eigenvalue weighted by Gasteiger charge is -2.03. The van der Waals surface area contributed by atoms with Gasteiger partial charge in [-0.1, -0.05) is 0 Å². The number of hydrogen-bond donors (Lipinski definition) is 1. The summed E-state index contributed by atoms with van der Waals surface area (Å²) in [5.74, 6) is 0.918. The molecule has 0 fully saturated rings. The summed E-state index contributed by atoms with van der Waals surface area (Å²) in [4.78, 5) is 2.47. The molecule has 2 N–H and O–H groups in total. The standard InChI is InChI=1S/C13H15NOS/c1-2-15-11-5-3-10(4-6-11)13-8-7-12(9-14)16-13/h3-8H,2,9,14H2,1H3. The van der Waals surface area contributed by atoms with E-state index in [-0.39, 0.29) is 0 Å². The van der Waals surface area contributed by atoms with Crippen molar-refractivity contribution >= 4 is 11.3 Å². The second-order valence-electron chi connectivity index (χ2n) is 3.43. The van der Waals surface area contributed by atoms with Crippen LogP contribution in [-0.2, 0) is 6.54 Å². The first-order valence-corrected chi connectivity index (χ1v) is 6.17. The van der Waals surface area contributed by atoms with Gasteiger partial charge in [-0.25, -0.2) is 0 Å². The van der Waals surface area contributed by atoms with E-state index < -0.39 is 0 Å². The molecule has 0 aliphatic carbocycles. The van der Waals surface area contributed by atoms with Crippen molar-refractivity contribution in [3.8, 4) is 16.2 Å². The van der Waals surface area contributed by atoms with Crippen molar-refractivity contribution in [2.75, 3.05) is 6.61 Å². The van der Waals surface area contributed by atoms with E-state index in [1.807, 2.05) is 19.1 Å². The molecule has 3 heteroatoms. The second kappa shape index (κ2) is 5.14. The van der Waals surface area contributed by atoms with Crippen LogP contribution in [0.2, 0.25) is 0 Å². The van der Waals surface area contributed by atoms with Gasteiger partial charge in [0.2, 0.25) is 0 Å². The summed E-state index contributed by atoms with van der Waals surface area (Å²) >= 11 is 1.74. The number of hydrogen-bond acceptors (Lipinski definition) is 3. The lowest BCUT2D eigenvalue weighted by molar-refractivity contribution is 0.340. The molecule has 2 rings (SSSR count). The fraction of sp³-hybridized carbons (Fsp3) is 0.231. The first kappa shape index (κ1) is 11.2. The highest BCUT2D eigenvalue weighted by Gasteiger charge is 2.02. The van der Waals surface area contributed by atoms with E-state index in [1.54, 1.807) is 11.3 Å². The smallest absolute Gasteiger partial charge is 0.119 e. The van der Waals surface area contributed by atoms with Gasteiger partial charge in [-0.05, 0) is 48.9 Å². The number of ether oxygens (including phenoxy) is 1. The molecule has 0 radical (unpaired) electrons. The van der Waals surface area contributed by atoms with Gasteiger partial charge in [0, 0.05) is 16.3 Å². The fourth-order valence-electron chi connectivity index (χ4n) is 1.52. The Bertz CT molecular complexity index is 447. The third-order valence-electron chi connectivity index (χ3n) is 2.31. The van der Waals surface area contributed by atoms with Crippen LogP contribution in [0.3, 0.4) is 0 Å². The Morgan fingerprint density at radius 1 is 1.12 bits per heavy atom. The average molecular weight is 233 g/mol. The number of nitrogens with two attached hydrogens (primary N) is 1. The predicted octanol–water partition coefficient (Wildman–Crippen LogP) is 3.27. The molecule has 16 heavy (non-hydrogen) atoms. The van der Waals surface area contributed by atoms with Gasteiger partial charge in [0.25, 0.3) is 0 Å². The largest absolute Gasteiger partial charge is 0.494 e. The van der Waals surface area contributed by atoms with Crippen molar-refractivity contribution in [1.29, 1.82) is 0 Å². The van der Waals surface area contributed by atoms with Crippen LogP contribution in [0, 0.1) is 0 Å². The topological polar surface area (TPSA) is 35.2 Å². The number of thiophene rings is 1. The van der Waals surface area contributed by atoms with Gasteiger partial charge in [-0.3, -0.25) is 0 Å². The van der Waals surface area contributed by atoms with Crippen molar-refractivity contribution in [2.45, 2.75) is 13.5 Å². The van der Waals surface area contributed by atoms with E-state index in [9.17, 15) is 0 Å². The van der Waals surface area contributed by atoms with Crippen LogP contribution < -0.4 is 10.5 Å². The van der Waals surface area contributed by atoms with Crippen LogP contribution in [0.4, 0.5) is 0 Å². The number of rotatable bonds is 4. The van der Waals surface area contributed by atoms with Crippen molar-refractivity contribution in [1.82, 2.24) is 0 Å². The first-order valence-electron chi connectivity index (χ1n) is 5.35. The Morgan fingerprint density at radius 3 is 2.44 bits per heavy atom. The molecule has 84 valence electrons. The van der Waals surface area contributed by atoms with Crippen LogP contribution in [0.25, 0.3) is 10.4 Å². The molecule has 1 heterocycles. The Morgan fingerprint density at radius 2 is 1.88 bits per heavy atom. The monoisotopic (exact) mass is 233 g/mol. The van der Waals surface area contributed by atoms with Crippen molar-refractivity contribution in [3.63, 3.8) is 0 Å². The Kier molecular flexibility index (Phi) is 3.59. The van der Waals surface area contributed by atoms with E-state index in [2.05, 4.69) is 24.3 Å². The fourth-order valence-corrected chi connectivity index (χ4v) is 2.42. The van der Waals surface area contributed by atoms with Crippen LogP contribution >= 0.6 is 11.3 Å². The van der Waals surface area contributed by atoms with Gasteiger partial charge in [0.05, 0.1) is 6.61 Å². The van der Waals surface area contributed by atoms with Crippen LogP contribution in [-0.4, -0.2) is 6.61 Å². The highest BCUT2D eigenvalue weighted by Crippen LogP contribution is 2.29. The van der Waals surface area contributed by atoms with Gasteiger partial charge in [0.1, 0.15) is 5.75 Å². The minimum atomic E-state index is 0.613. The van der Waals surface area contributed by atoms with Gasteiger partial charge >= 0.3 is 0 Å². The molecule has 1 aromatic carbocycles. The highest BCUT2D eigenvalue weighted by atomic mass is 32.1. The van der Waals surface area contributed by atoms with Gasteiger partial charge < -0.3 is 10.5 Å². The summed E-state index contributed by atoms with van der Waals surface area (Å²) in [5.41, 5.74) is 6.81. The Labute approximate surface area is 99.7 Å². The molecule has 1 aromatic heterocycles. The summed E-state index contributed by atoms with van der Waals surface area (Å²) in [6.45, 7) is 3.30. The third kappa shape index (κ3) is 2.43. The molecule has 0 unspecified atom stereocenters. The highest BCUT2D eigenvalue weighted by molar-refractivity contribution is 7.15. The summed E-state index contributed by atoms with van der Waals surface area (Å²) in [7, 11) is 0. The maximum atomic E-state index is 5.60. The van der Waals surface area contributed by atoms with Crippen molar-refractivity contribution < 1.29 is 4.74 Å². The van der Waals surface area contributed by atoms with Crippen molar-refractivity contribution in [3.05, 3.63) is 41.3 Å². The molecule has 0 amide bonds. The zero-order valence-corrected chi connectivity index (χ0v) is 10.1. The van der Waals surface area contributed by atoms with Crippen LogP contribution in [0.15, 0.2) is 36.4 Å². The normalized spacial score (nSPS) is 10.4. The SMILES string of the molecule is CCOc1ccc(-c2ccc(CN)s2)cc1. The third-order valence-corrected chi connectivity index (χ3v) is 3.47. The zero-order chi connectivity index (χ0) is 11.4. The molecule has 0 saturated carbocycles. The Hall–Kier alpha value is -1.32. The molecule has 0 aliphatic rings. The summed E-state index contributed by atoms with van der Waals surface area (Å²) in [6, 6.07) is 12.4. The van der Waals surface area contributed by atoms with Gasteiger partial charge in [-0.15, -0.1) is 11.3 Å². The van der Waals surface area contributed by atoms with Gasteiger partial charge in [-0.2, -0.15) is 0 Å². The predicted molar refractivity (Wildman–Crippen MR) is 68.8 cm³/mol. The minimum Gasteiger partial charge on any atom is -0.494 e. The molecule has 0 aliphatic heterocycles. The van der Waals surface area contributed by atoms with E-state index in [0.29, 0.717) is 13.2 Å². The molecule has 0 bridgehead atoms. The molecular formula is C13H15NOS. The van der Waals surface area contributed by atoms with Crippen LogP contribution in [0.5, 0.6) is 5.75 Å². The quantitative estimate of drug-likeness (QED) is 0.879. The van der Waals surface area contributed by atoms with E-state index in [1.165, 1.54) is 15.3 Å². The van der Waals surface area contributed by atoms with Crippen molar-refractivity contribution in [2.24, 2.45) is 5.73 Å². The lowest BCUT2D eigenvalue weighted by Crippen LogP contribution is -1.91. The second-order valence-corrected chi connectivity index (χ2v) is 4.60. The first-order chi connectivity index (χ1) is 7.83. The van der Waals surface area contributed by atoms with Crippen LogP contribution in [0.1, 0.15) is 11.8 Å². The van der Waals surface area contributed by atoms with E-state index >= 15 is 0 Å². The lowest BCUT2D eigenvalue weighted by atomic mass is 10.2. The zero-order valence-electron chi connectivity index (χ0n) is 9.27. The maximum Gasteiger partial charge on any atom is 0.119 e. The molecule has 2 nitrogen and oxygen atoms in total. The molecular weight excluding hydrogens is 218 g/mol. The molecule has 0 spiro atoms. The van der Waals surface area contributed by atoms with E-state index in [4.69, 9.17) is 10.5 Å².